The summed E-state index contributed by atoms with van der Waals surface area (Å²) in [5.74, 6) is 0. The van der Waals surface area contributed by atoms with Gasteiger partial charge < -0.3 is 5.32 Å². The van der Waals surface area contributed by atoms with Crippen LogP contribution in [0.2, 0.25) is 0 Å². The van der Waals surface area contributed by atoms with Crippen LogP contribution in [0.4, 0.5) is 0 Å². The zero-order valence-electron chi connectivity index (χ0n) is 11.4. The highest BCUT2D eigenvalue weighted by atomic mass is 15.3. The van der Waals surface area contributed by atoms with Gasteiger partial charge in [-0.05, 0) is 30.7 Å². The lowest BCUT2D eigenvalue weighted by atomic mass is 10.0. The van der Waals surface area contributed by atoms with Crippen molar-refractivity contribution in [2.24, 2.45) is 0 Å². The topological polar surface area (TPSA) is 66.5 Å². The molecule has 0 amide bonds. The monoisotopic (exact) mass is 267 g/mol. The first kappa shape index (κ1) is 12.7. The lowest BCUT2D eigenvalue weighted by Gasteiger charge is -2.16. The van der Waals surface area contributed by atoms with Gasteiger partial charge in [0.25, 0.3) is 0 Å². The molecule has 0 aliphatic heterocycles. The Hall–Kier alpha value is -2.27. The van der Waals surface area contributed by atoms with Crippen molar-refractivity contribution in [1.82, 2.24) is 25.7 Å². The Morgan fingerprint density at radius 1 is 1.25 bits per heavy atom. The van der Waals surface area contributed by atoms with Gasteiger partial charge in [-0.3, -0.25) is 4.98 Å². The van der Waals surface area contributed by atoms with Crippen molar-refractivity contribution >= 4 is 10.9 Å². The van der Waals surface area contributed by atoms with Crippen molar-refractivity contribution in [2.45, 2.75) is 19.4 Å². The van der Waals surface area contributed by atoms with E-state index in [0.29, 0.717) is 0 Å². The minimum absolute atomic E-state index is 0.157. The second kappa shape index (κ2) is 5.79. The lowest BCUT2D eigenvalue weighted by Crippen LogP contribution is -2.23. The van der Waals surface area contributed by atoms with Crippen LogP contribution in [0, 0.1) is 0 Å². The molecule has 1 atom stereocenters. The highest BCUT2D eigenvalue weighted by Gasteiger charge is 2.15. The average molecular weight is 267 g/mol. The number of aromatic nitrogens is 4. The summed E-state index contributed by atoms with van der Waals surface area (Å²) in [6.45, 7) is 2.98. The summed E-state index contributed by atoms with van der Waals surface area (Å²) in [6, 6.07) is 10.4. The van der Waals surface area contributed by atoms with Gasteiger partial charge in [0, 0.05) is 11.6 Å². The maximum atomic E-state index is 4.40. The highest BCUT2D eigenvalue weighted by Crippen LogP contribution is 2.22. The van der Waals surface area contributed by atoms with Crippen LogP contribution in [-0.4, -0.2) is 26.9 Å². The largest absolute Gasteiger partial charge is 0.309 e. The molecular formula is C15H17N5. The van der Waals surface area contributed by atoms with Crippen molar-refractivity contribution in [2.75, 3.05) is 6.54 Å². The zero-order chi connectivity index (χ0) is 13.8. The van der Waals surface area contributed by atoms with Gasteiger partial charge in [0.1, 0.15) is 0 Å². The first-order valence-corrected chi connectivity index (χ1v) is 6.80. The van der Waals surface area contributed by atoms with Crippen LogP contribution in [0.25, 0.3) is 10.9 Å². The number of hydrogen-bond acceptors (Lipinski definition) is 4. The minimum Gasteiger partial charge on any atom is -0.309 e. The van der Waals surface area contributed by atoms with Gasteiger partial charge in [0.15, 0.2) is 0 Å². The molecule has 2 aromatic heterocycles. The zero-order valence-corrected chi connectivity index (χ0v) is 11.4. The van der Waals surface area contributed by atoms with Gasteiger partial charge in [-0.25, -0.2) is 0 Å². The fourth-order valence-electron chi connectivity index (χ4n) is 2.46. The van der Waals surface area contributed by atoms with E-state index in [-0.39, 0.29) is 6.04 Å². The van der Waals surface area contributed by atoms with Gasteiger partial charge in [0.2, 0.25) is 0 Å². The van der Waals surface area contributed by atoms with Crippen LogP contribution in [-0.2, 0) is 6.42 Å². The molecule has 5 heteroatoms. The molecule has 1 unspecified atom stereocenters. The lowest BCUT2D eigenvalue weighted by molar-refractivity contribution is 0.537. The molecule has 5 nitrogen and oxygen atoms in total. The fraction of sp³-hybridized carbons (Fsp3) is 0.267. The van der Waals surface area contributed by atoms with Crippen molar-refractivity contribution in [3.05, 3.63) is 54.0 Å². The summed E-state index contributed by atoms with van der Waals surface area (Å²) < 4.78 is 0. The SMILES string of the molecule is CCNC(Cc1ccnc2ccccc12)c1cn[nH]n1. The summed E-state index contributed by atoms with van der Waals surface area (Å²) in [6.07, 6.45) is 4.50. The molecule has 0 saturated heterocycles. The Morgan fingerprint density at radius 3 is 2.95 bits per heavy atom. The first-order valence-electron chi connectivity index (χ1n) is 6.80. The van der Waals surface area contributed by atoms with Gasteiger partial charge in [-0.1, -0.05) is 25.1 Å². The second-order valence-corrected chi connectivity index (χ2v) is 4.70. The van der Waals surface area contributed by atoms with Crippen LogP contribution in [0.15, 0.2) is 42.7 Å². The molecule has 0 bridgehead atoms. The summed E-state index contributed by atoms with van der Waals surface area (Å²) >= 11 is 0. The number of nitrogens with one attached hydrogen (secondary N) is 2. The molecule has 3 aromatic rings. The van der Waals surface area contributed by atoms with E-state index in [9.17, 15) is 0 Å². The van der Waals surface area contributed by atoms with Crippen LogP contribution in [0.5, 0.6) is 0 Å². The first-order chi connectivity index (χ1) is 9.88. The second-order valence-electron chi connectivity index (χ2n) is 4.70. The van der Waals surface area contributed by atoms with Crippen molar-refractivity contribution in [1.29, 1.82) is 0 Å². The van der Waals surface area contributed by atoms with E-state index in [1.807, 2.05) is 24.4 Å². The number of aromatic amines is 1. The van der Waals surface area contributed by atoms with Gasteiger partial charge in [-0.15, -0.1) is 0 Å². The predicted molar refractivity (Wildman–Crippen MR) is 78.2 cm³/mol. The molecule has 20 heavy (non-hydrogen) atoms. The summed E-state index contributed by atoms with van der Waals surface area (Å²) in [5, 5.41) is 15.4. The van der Waals surface area contributed by atoms with E-state index in [1.54, 1.807) is 6.20 Å². The molecule has 1 aromatic carbocycles. The van der Waals surface area contributed by atoms with Gasteiger partial charge in [0.05, 0.1) is 23.4 Å². The molecule has 0 fully saturated rings. The number of nitrogens with zero attached hydrogens (tertiary/aromatic N) is 3. The Bertz CT molecular complexity index is 672. The Balaban J connectivity index is 1.94. The van der Waals surface area contributed by atoms with Crippen molar-refractivity contribution in [3.8, 4) is 0 Å². The van der Waals surface area contributed by atoms with E-state index in [2.05, 4.69) is 44.8 Å². The molecule has 0 aliphatic carbocycles. The van der Waals surface area contributed by atoms with Crippen LogP contribution >= 0.6 is 0 Å². The molecule has 0 spiro atoms. The maximum Gasteiger partial charge on any atom is 0.0997 e. The van der Waals surface area contributed by atoms with E-state index >= 15 is 0 Å². The van der Waals surface area contributed by atoms with E-state index in [1.165, 1.54) is 10.9 Å². The number of fused-ring (bicyclic) bond motifs is 1. The normalized spacial score (nSPS) is 12.7. The Labute approximate surface area is 117 Å². The molecule has 2 heterocycles. The summed E-state index contributed by atoms with van der Waals surface area (Å²) in [7, 11) is 0. The highest BCUT2D eigenvalue weighted by molar-refractivity contribution is 5.81. The number of likely N-dealkylation sites (N-methyl/N-ethyl adjacent to an activating group) is 1. The van der Waals surface area contributed by atoms with Gasteiger partial charge >= 0.3 is 0 Å². The molecule has 0 radical (unpaired) electrons. The Kier molecular flexibility index (Phi) is 3.69. The number of rotatable bonds is 5. The Morgan fingerprint density at radius 2 is 2.15 bits per heavy atom. The van der Waals surface area contributed by atoms with Crippen molar-refractivity contribution < 1.29 is 0 Å². The molecule has 2 N–H and O–H groups in total. The van der Waals surface area contributed by atoms with Crippen LogP contribution in [0.3, 0.4) is 0 Å². The number of hydrogen-bond donors (Lipinski definition) is 2. The van der Waals surface area contributed by atoms with Gasteiger partial charge in [-0.2, -0.15) is 15.4 Å². The number of pyridine rings is 1. The average Bonchev–Trinajstić information content (AvgIpc) is 3.01. The quantitative estimate of drug-likeness (QED) is 0.744. The standard InChI is InChI=1S/C15H17N5/c1-2-16-14(15-10-18-20-19-15)9-11-7-8-17-13-6-4-3-5-12(11)13/h3-8,10,14,16H,2,9H2,1H3,(H,18,19,20). The van der Waals surface area contributed by atoms with E-state index < -0.39 is 0 Å². The third-order valence-corrected chi connectivity index (χ3v) is 3.40. The van der Waals surface area contributed by atoms with Crippen LogP contribution < -0.4 is 5.32 Å². The van der Waals surface area contributed by atoms with Crippen LogP contribution in [0.1, 0.15) is 24.2 Å². The molecule has 3 rings (SSSR count). The number of H-pyrrole nitrogens is 1. The maximum absolute atomic E-state index is 4.40. The number of para-hydroxylation sites is 1. The summed E-state index contributed by atoms with van der Waals surface area (Å²) in [5.41, 5.74) is 3.23. The summed E-state index contributed by atoms with van der Waals surface area (Å²) in [4.78, 5) is 4.40. The fourth-order valence-corrected chi connectivity index (χ4v) is 2.46. The smallest absolute Gasteiger partial charge is 0.0997 e. The molecule has 0 aliphatic rings. The van der Waals surface area contributed by atoms with E-state index in [4.69, 9.17) is 0 Å². The third-order valence-electron chi connectivity index (χ3n) is 3.40. The predicted octanol–water partition coefficient (Wildman–Crippen LogP) is 2.25. The molecule has 102 valence electrons. The molecular weight excluding hydrogens is 250 g/mol. The molecule has 0 saturated carbocycles. The third kappa shape index (κ3) is 2.53. The number of benzene rings is 1. The van der Waals surface area contributed by atoms with Crippen molar-refractivity contribution in [3.63, 3.8) is 0 Å². The minimum atomic E-state index is 0.157. The van der Waals surface area contributed by atoms with E-state index in [0.717, 1.165) is 24.2 Å².